The molecule has 0 unspecified atom stereocenters. The Bertz CT molecular complexity index is 1080. The number of carbonyl (C=O) groups is 1. The topological polar surface area (TPSA) is 25.2 Å². The van der Waals surface area contributed by atoms with Crippen molar-refractivity contribution in [1.29, 1.82) is 0 Å². The normalized spacial score (nSPS) is 16.0. The summed E-state index contributed by atoms with van der Waals surface area (Å²) in [6.45, 7) is 5.99. The van der Waals surface area contributed by atoms with E-state index in [0.29, 0.717) is 21.7 Å². The van der Waals surface area contributed by atoms with Crippen LogP contribution < -0.4 is 0 Å². The second-order valence-corrected chi connectivity index (χ2v) is 9.39. The van der Waals surface area contributed by atoms with Crippen LogP contribution in [0.3, 0.4) is 0 Å². The van der Waals surface area contributed by atoms with Crippen LogP contribution in [-0.4, -0.2) is 26.2 Å². The summed E-state index contributed by atoms with van der Waals surface area (Å²) in [5.41, 5.74) is 3.49. The maximum Gasteiger partial charge on any atom is 0.266 e. The maximum atomic E-state index is 13.0. The lowest BCUT2D eigenvalue weighted by Crippen LogP contribution is -2.30. The highest BCUT2D eigenvalue weighted by Gasteiger charge is 2.31. The van der Waals surface area contributed by atoms with Crippen molar-refractivity contribution in [3.05, 3.63) is 76.8 Å². The molecule has 1 aliphatic rings. The Morgan fingerprint density at radius 3 is 2.55 bits per heavy atom. The molecule has 0 radical (unpaired) electrons. The van der Waals surface area contributed by atoms with E-state index in [1.165, 1.54) is 28.2 Å². The molecule has 0 N–H and O–H groups in total. The van der Waals surface area contributed by atoms with E-state index in [0.717, 1.165) is 18.5 Å². The van der Waals surface area contributed by atoms with E-state index in [2.05, 4.69) is 54.9 Å². The minimum absolute atomic E-state index is 0.0108. The number of aromatic nitrogens is 1. The summed E-state index contributed by atoms with van der Waals surface area (Å²) >= 11 is 6.91. The van der Waals surface area contributed by atoms with Gasteiger partial charge in [-0.2, -0.15) is 0 Å². The van der Waals surface area contributed by atoms with Crippen molar-refractivity contribution in [3.63, 3.8) is 0 Å². The summed E-state index contributed by atoms with van der Waals surface area (Å²) < 4.78 is 2.92. The van der Waals surface area contributed by atoms with Gasteiger partial charge in [0.2, 0.25) is 0 Å². The molecule has 1 saturated heterocycles. The monoisotopic (exact) mass is 420 g/mol. The van der Waals surface area contributed by atoms with Crippen LogP contribution in [0.25, 0.3) is 17.0 Å². The zero-order chi connectivity index (χ0) is 20.4. The number of carbonyl (C=O) groups excluding carboxylic acids is 1. The second-order valence-electron chi connectivity index (χ2n) is 7.72. The lowest BCUT2D eigenvalue weighted by Gasteiger charge is -2.14. The van der Waals surface area contributed by atoms with Gasteiger partial charge in [0, 0.05) is 35.8 Å². The van der Waals surface area contributed by atoms with Gasteiger partial charge in [-0.15, -0.1) is 0 Å². The first-order chi connectivity index (χ1) is 14.0. The predicted octanol–water partition coefficient (Wildman–Crippen LogP) is 5.74. The summed E-state index contributed by atoms with van der Waals surface area (Å²) in [5, 5.41) is 1.17. The van der Waals surface area contributed by atoms with Crippen LogP contribution in [0, 0.1) is 5.92 Å². The molecule has 148 valence electrons. The molecule has 1 amide bonds. The van der Waals surface area contributed by atoms with E-state index in [1.807, 2.05) is 30.3 Å². The minimum atomic E-state index is 0.0108. The van der Waals surface area contributed by atoms with E-state index in [1.54, 1.807) is 4.90 Å². The van der Waals surface area contributed by atoms with Gasteiger partial charge in [0.15, 0.2) is 0 Å². The van der Waals surface area contributed by atoms with Gasteiger partial charge in [-0.25, -0.2) is 0 Å². The van der Waals surface area contributed by atoms with Crippen LogP contribution in [0.4, 0.5) is 0 Å². The molecule has 0 bridgehead atoms. The lowest BCUT2D eigenvalue weighted by molar-refractivity contribution is -0.122. The Morgan fingerprint density at radius 1 is 1.07 bits per heavy atom. The fourth-order valence-corrected chi connectivity index (χ4v) is 4.95. The van der Waals surface area contributed by atoms with Crippen LogP contribution in [0.1, 0.15) is 25.0 Å². The smallest absolute Gasteiger partial charge is 0.266 e. The highest BCUT2D eigenvalue weighted by molar-refractivity contribution is 8.26. The van der Waals surface area contributed by atoms with E-state index in [9.17, 15) is 4.79 Å². The summed E-state index contributed by atoms with van der Waals surface area (Å²) in [7, 11) is 0. The first kappa shape index (κ1) is 19.9. The maximum absolute atomic E-state index is 13.0. The largest absolute Gasteiger partial charge is 0.347 e. The van der Waals surface area contributed by atoms with Crippen molar-refractivity contribution in [2.75, 3.05) is 6.54 Å². The first-order valence-corrected chi connectivity index (χ1v) is 11.1. The average Bonchev–Trinajstić information content (AvgIpc) is 3.18. The number of rotatable bonds is 6. The molecule has 1 aromatic heterocycles. The molecule has 1 aliphatic heterocycles. The van der Waals surface area contributed by atoms with Crippen molar-refractivity contribution >= 4 is 51.2 Å². The third-order valence-corrected chi connectivity index (χ3v) is 6.39. The highest BCUT2D eigenvalue weighted by Crippen LogP contribution is 2.34. The molecule has 0 saturated carbocycles. The van der Waals surface area contributed by atoms with Gasteiger partial charge in [0.1, 0.15) is 4.32 Å². The summed E-state index contributed by atoms with van der Waals surface area (Å²) in [5.74, 6) is 0.562. The zero-order valence-electron chi connectivity index (χ0n) is 16.7. The van der Waals surface area contributed by atoms with Crippen LogP contribution in [0.5, 0.6) is 0 Å². The number of hydrogen-bond donors (Lipinski definition) is 0. The molecule has 0 spiro atoms. The summed E-state index contributed by atoms with van der Waals surface area (Å²) in [6.07, 6.45) is 4.95. The van der Waals surface area contributed by atoms with Crippen LogP contribution in [-0.2, 0) is 17.8 Å². The fraction of sp³-hybridized carbons (Fsp3) is 0.250. The molecule has 0 aliphatic carbocycles. The number of benzene rings is 2. The van der Waals surface area contributed by atoms with E-state index < -0.39 is 0 Å². The standard InChI is InChI=1S/C24H24N2OS2/c1-17(2)15-25-16-19(20-10-6-7-11-21(20)25)14-22-23(27)26(24(28)29-22)13-12-18-8-4-3-5-9-18/h3-11,14,16-17H,12-13,15H2,1-2H3/b22-14-. The van der Waals surface area contributed by atoms with Gasteiger partial charge in [-0.3, -0.25) is 9.69 Å². The number of amides is 1. The minimum Gasteiger partial charge on any atom is -0.347 e. The number of hydrogen-bond acceptors (Lipinski definition) is 3. The number of fused-ring (bicyclic) bond motifs is 1. The van der Waals surface area contributed by atoms with Gasteiger partial charge in [0.05, 0.1) is 4.91 Å². The Hall–Kier alpha value is -2.37. The highest BCUT2D eigenvalue weighted by atomic mass is 32.2. The van der Waals surface area contributed by atoms with E-state index >= 15 is 0 Å². The number of nitrogens with zero attached hydrogens (tertiary/aromatic N) is 2. The second kappa shape index (κ2) is 8.56. The Labute approximate surface area is 181 Å². The molecular weight excluding hydrogens is 396 g/mol. The molecule has 5 heteroatoms. The quantitative estimate of drug-likeness (QED) is 0.375. The first-order valence-electron chi connectivity index (χ1n) is 9.90. The Balaban J connectivity index is 1.59. The van der Waals surface area contributed by atoms with Gasteiger partial charge < -0.3 is 4.57 Å². The zero-order valence-corrected chi connectivity index (χ0v) is 18.3. The van der Waals surface area contributed by atoms with Crippen LogP contribution in [0.2, 0.25) is 0 Å². The summed E-state index contributed by atoms with van der Waals surface area (Å²) in [6, 6.07) is 18.6. The molecule has 2 heterocycles. The average molecular weight is 421 g/mol. The van der Waals surface area contributed by atoms with Crippen molar-refractivity contribution in [2.45, 2.75) is 26.8 Å². The molecule has 2 aromatic carbocycles. The number of thiocarbonyl (C=S) groups is 1. The molecule has 3 nitrogen and oxygen atoms in total. The Kier molecular flexibility index (Phi) is 5.88. The lowest BCUT2D eigenvalue weighted by atomic mass is 10.1. The van der Waals surface area contributed by atoms with Gasteiger partial charge >= 0.3 is 0 Å². The van der Waals surface area contributed by atoms with E-state index in [-0.39, 0.29) is 5.91 Å². The number of thioether (sulfide) groups is 1. The third kappa shape index (κ3) is 4.31. The molecule has 29 heavy (non-hydrogen) atoms. The van der Waals surface area contributed by atoms with Crippen LogP contribution >= 0.6 is 24.0 Å². The van der Waals surface area contributed by atoms with Crippen LogP contribution in [0.15, 0.2) is 65.7 Å². The molecule has 0 atom stereocenters. The third-order valence-electron chi connectivity index (χ3n) is 5.01. The molecule has 4 rings (SSSR count). The molecule has 3 aromatic rings. The van der Waals surface area contributed by atoms with Gasteiger partial charge in [-0.1, -0.05) is 86.4 Å². The fourth-order valence-electron chi connectivity index (χ4n) is 3.65. The van der Waals surface area contributed by atoms with Crippen molar-refractivity contribution < 1.29 is 4.79 Å². The SMILES string of the molecule is CC(C)Cn1cc(/C=C2\SC(=S)N(CCc3ccccc3)C2=O)c2ccccc21. The van der Waals surface area contributed by atoms with Gasteiger partial charge in [-0.05, 0) is 30.0 Å². The Morgan fingerprint density at radius 2 is 1.79 bits per heavy atom. The number of para-hydroxylation sites is 1. The predicted molar refractivity (Wildman–Crippen MR) is 127 cm³/mol. The van der Waals surface area contributed by atoms with Crippen molar-refractivity contribution in [3.8, 4) is 0 Å². The van der Waals surface area contributed by atoms with Gasteiger partial charge in [0.25, 0.3) is 5.91 Å². The molecular formula is C24H24N2OS2. The van der Waals surface area contributed by atoms with Crippen molar-refractivity contribution in [2.24, 2.45) is 5.92 Å². The summed E-state index contributed by atoms with van der Waals surface area (Å²) in [4.78, 5) is 15.4. The molecule has 1 fully saturated rings. The van der Waals surface area contributed by atoms with Crippen molar-refractivity contribution in [1.82, 2.24) is 9.47 Å². The van der Waals surface area contributed by atoms with E-state index in [4.69, 9.17) is 12.2 Å².